The number of nitrogen functional groups attached to an aromatic ring is 1. The fraction of sp³-hybridized carbons (Fsp3) is 0.333. The molecule has 6 heteroatoms. The number of carbonyl (C=O) groups is 1. The molecule has 0 atom stereocenters. The number of nitrogens with zero attached hydrogens (tertiary/aromatic N) is 2. The molecule has 21 heavy (non-hydrogen) atoms. The third kappa shape index (κ3) is 3.75. The first-order chi connectivity index (χ1) is 9.97. The van der Waals surface area contributed by atoms with Gasteiger partial charge in [-0.05, 0) is 32.0 Å². The van der Waals surface area contributed by atoms with Gasteiger partial charge in [-0.2, -0.15) is 5.10 Å². The van der Waals surface area contributed by atoms with Crippen LogP contribution in [-0.2, 0) is 13.6 Å². The van der Waals surface area contributed by atoms with Crippen molar-refractivity contribution in [1.29, 1.82) is 0 Å². The van der Waals surface area contributed by atoms with Crippen LogP contribution < -0.4 is 15.8 Å². The summed E-state index contributed by atoms with van der Waals surface area (Å²) < 4.78 is 7.14. The van der Waals surface area contributed by atoms with Crippen LogP contribution in [0.15, 0.2) is 30.5 Å². The van der Waals surface area contributed by atoms with Crippen LogP contribution in [0.4, 0.5) is 5.82 Å². The first kappa shape index (κ1) is 14.9. The van der Waals surface area contributed by atoms with Crippen molar-refractivity contribution >= 4 is 11.7 Å². The molecule has 0 saturated heterocycles. The molecule has 0 aliphatic heterocycles. The molecule has 6 nitrogen and oxygen atoms in total. The van der Waals surface area contributed by atoms with Crippen LogP contribution in [0.3, 0.4) is 0 Å². The summed E-state index contributed by atoms with van der Waals surface area (Å²) in [6, 6.07) is 7.10. The molecule has 0 aliphatic rings. The number of anilines is 1. The Morgan fingerprint density at radius 2 is 2.24 bits per heavy atom. The SMILES string of the molecule is CC(C)Oc1cccc(C(=O)NCc2cnn(C)c2N)c1. The molecule has 0 aliphatic carbocycles. The van der Waals surface area contributed by atoms with Crippen LogP contribution in [0.25, 0.3) is 0 Å². The summed E-state index contributed by atoms with van der Waals surface area (Å²) in [5.74, 6) is 1.05. The third-order valence-corrected chi connectivity index (χ3v) is 2.97. The van der Waals surface area contributed by atoms with Gasteiger partial charge in [-0.1, -0.05) is 6.07 Å². The summed E-state index contributed by atoms with van der Waals surface area (Å²) >= 11 is 0. The molecule has 1 heterocycles. The first-order valence-corrected chi connectivity index (χ1v) is 6.78. The number of amides is 1. The molecular weight excluding hydrogens is 268 g/mol. The zero-order chi connectivity index (χ0) is 15.4. The first-order valence-electron chi connectivity index (χ1n) is 6.78. The van der Waals surface area contributed by atoms with Crippen molar-refractivity contribution < 1.29 is 9.53 Å². The average Bonchev–Trinajstić information content (AvgIpc) is 2.76. The highest BCUT2D eigenvalue weighted by molar-refractivity contribution is 5.94. The highest BCUT2D eigenvalue weighted by Gasteiger charge is 2.10. The minimum absolute atomic E-state index is 0.0681. The van der Waals surface area contributed by atoms with Gasteiger partial charge < -0.3 is 15.8 Å². The molecule has 2 aromatic rings. The van der Waals surface area contributed by atoms with E-state index in [0.29, 0.717) is 23.7 Å². The summed E-state index contributed by atoms with van der Waals surface area (Å²) in [6.07, 6.45) is 1.71. The van der Waals surface area contributed by atoms with Crippen LogP contribution in [0.5, 0.6) is 5.75 Å². The maximum atomic E-state index is 12.1. The second-order valence-corrected chi connectivity index (χ2v) is 5.06. The van der Waals surface area contributed by atoms with Gasteiger partial charge in [0.05, 0.1) is 12.3 Å². The lowest BCUT2D eigenvalue weighted by molar-refractivity contribution is 0.0950. The van der Waals surface area contributed by atoms with E-state index in [0.717, 1.165) is 5.56 Å². The Balaban J connectivity index is 2.01. The molecule has 0 saturated carbocycles. The molecule has 0 bridgehead atoms. The number of benzene rings is 1. The van der Waals surface area contributed by atoms with Crippen molar-refractivity contribution in [3.05, 3.63) is 41.6 Å². The molecule has 112 valence electrons. The zero-order valence-corrected chi connectivity index (χ0v) is 12.5. The van der Waals surface area contributed by atoms with Gasteiger partial charge in [0.2, 0.25) is 0 Å². The minimum Gasteiger partial charge on any atom is -0.491 e. The van der Waals surface area contributed by atoms with Gasteiger partial charge in [0.15, 0.2) is 0 Å². The number of nitrogens with one attached hydrogen (secondary N) is 1. The Labute approximate surface area is 123 Å². The Morgan fingerprint density at radius 3 is 2.86 bits per heavy atom. The van der Waals surface area contributed by atoms with Crippen LogP contribution >= 0.6 is 0 Å². The summed E-state index contributed by atoms with van der Waals surface area (Å²) in [7, 11) is 1.76. The van der Waals surface area contributed by atoms with Crippen molar-refractivity contribution in [3.63, 3.8) is 0 Å². The fourth-order valence-electron chi connectivity index (χ4n) is 1.89. The number of aromatic nitrogens is 2. The molecule has 2 rings (SSSR count). The Kier molecular flexibility index (Phi) is 4.47. The van der Waals surface area contributed by atoms with Crippen molar-refractivity contribution in [3.8, 4) is 5.75 Å². The predicted octanol–water partition coefficient (Wildman–Crippen LogP) is 1.72. The van der Waals surface area contributed by atoms with E-state index in [9.17, 15) is 4.79 Å². The van der Waals surface area contributed by atoms with E-state index >= 15 is 0 Å². The molecule has 3 N–H and O–H groups in total. The van der Waals surface area contributed by atoms with Gasteiger partial charge >= 0.3 is 0 Å². The van der Waals surface area contributed by atoms with Gasteiger partial charge in [-0.3, -0.25) is 9.48 Å². The summed E-state index contributed by atoms with van der Waals surface area (Å²) in [5.41, 5.74) is 7.18. The molecule has 0 fully saturated rings. The quantitative estimate of drug-likeness (QED) is 0.877. The van der Waals surface area contributed by atoms with Crippen molar-refractivity contribution in [2.75, 3.05) is 5.73 Å². The van der Waals surface area contributed by atoms with E-state index in [1.807, 2.05) is 19.9 Å². The maximum Gasteiger partial charge on any atom is 0.251 e. The van der Waals surface area contributed by atoms with Gasteiger partial charge in [-0.25, -0.2) is 0 Å². The van der Waals surface area contributed by atoms with Crippen molar-refractivity contribution in [2.45, 2.75) is 26.5 Å². The highest BCUT2D eigenvalue weighted by atomic mass is 16.5. The fourth-order valence-corrected chi connectivity index (χ4v) is 1.89. The van der Waals surface area contributed by atoms with Crippen LogP contribution in [0, 0.1) is 0 Å². The van der Waals surface area contributed by atoms with E-state index < -0.39 is 0 Å². The van der Waals surface area contributed by atoms with Crippen LogP contribution in [0.2, 0.25) is 0 Å². The van der Waals surface area contributed by atoms with E-state index in [4.69, 9.17) is 10.5 Å². The zero-order valence-electron chi connectivity index (χ0n) is 12.5. The van der Waals surface area contributed by atoms with E-state index in [2.05, 4.69) is 10.4 Å². The lowest BCUT2D eigenvalue weighted by Crippen LogP contribution is -2.23. The molecule has 1 aromatic carbocycles. The smallest absolute Gasteiger partial charge is 0.251 e. The van der Waals surface area contributed by atoms with Gasteiger partial charge in [0, 0.05) is 24.7 Å². The Morgan fingerprint density at radius 1 is 1.48 bits per heavy atom. The standard InChI is InChI=1S/C15H20N4O2/c1-10(2)21-13-6-4-5-11(7-13)15(20)17-8-12-9-18-19(3)14(12)16/h4-7,9-10H,8,16H2,1-3H3,(H,17,20). The molecular formula is C15H20N4O2. The van der Waals surface area contributed by atoms with Crippen molar-refractivity contribution in [2.24, 2.45) is 7.05 Å². The number of rotatable bonds is 5. The lowest BCUT2D eigenvalue weighted by atomic mass is 10.2. The van der Waals surface area contributed by atoms with E-state index in [1.54, 1.807) is 36.1 Å². The second-order valence-electron chi connectivity index (χ2n) is 5.06. The minimum atomic E-state index is -0.174. The highest BCUT2D eigenvalue weighted by Crippen LogP contribution is 2.15. The number of ether oxygens (including phenoxy) is 1. The summed E-state index contributed by atoms with van der Waals surface area (Å²) in [6.45, 7) is 4.23. The Bertz CT molecular complexity index is 634. The van der Waals surface area contributed by atoms with E-state index in [-0.39, 0.29) is 12.0 Å². The monoisotopic (exact) mass is 288 g/mol. The number of nitrogens with two attached hydrogens (primary N) is 1. The number of aryl methyl sites for hydroxylation is 1. The third-order valence-electron chi connectivity index (χ3n) is 2.97. The van der Waals surface area contributed by atoms with Crippen LogP contribution in [0.1, 0.15) is 29.8 Å². The predicted molar refractivity (Wildman–Crippen MR) is 81.0 cm³/mol. The number of carbonyl (C=O) groups excluding carboxylic acids is 1. The maximum absolute atomic E-state index is 12.1. The molecule has 0 unspecified atom stereocenters. The van der Waals surface area contributed by atoms with Crippen LogP contribution in [-0.4, -0.2) is 21.8 Å². The molecule has 0 spiro atoms. The second kappa shape index (κ2) is 6.30. The number of hydrogen-bond donors (Lipinski definition) is 2. The van der Waals surface area contributed by atoms with Gasteiger partial charge in [0.1, 0.15) is 11.6 Å². The molecule has 1 aromatic heterocycles. The normalized spacial score (nSPS) is 10.7. The number of hydrogen-bond acceptors (Lipinski definition) is 4. The van der Waals surface area contributed by atoms with Crippen molar-refractivity contribution in [1.82, 2.24) is 15.1 Å². The largest absolute Gasteiger partial charge is 0.491 e. The summed E-state index contributed by atoms with van der Waals surface area (Å²) in [5, 5.41) is 6.86. The lowest BCUT2D eigenvalue weighted by Gasteiger charge is -2.11. The summed E-state index contributed by atoms with van der Waals surface area (Å²) in [4.78, 5) is 12.1. The molecule has 1 amide bonds. The average molecular weight is 288 g/mol. The van der Waals surface area contributed by atoms with Gasteiger partial charge in [0.25, 0.3) is 5.91 Å². The van der Waals surface area contributed by atoms with E-state index in [1.165, 1.54) is 0 Å². The topological polar surface area (TPSA) is 82.2 Å². The Hall–Kier alpha value is -2.50. The molecule has 0 radical (unpaired) electrons. The van der Waals surface area contributed by atoms with Gasteiger partial charge in [-0.15, -0.1) is 0 Å².